The number of para-hydroxylation sites is 1. The molecule has 8 nitrogen and oxygen atoms in total. The van der Waals surface area contributed by atoms with Gasteiger partial charge in [0.25, 0.3) is 5.91 Å². The predicted octanol–water partition coefficient (Wildman–Crippen LogP) is 3.72. The molecule has 0 saturated carbocycles. The van der Waals surface area contributed by atoms with Crippen LogP contribution in [0.1, 0.15) is 35.7 Å². The monoisotopic (exact) mass is 488 g/mol. The van der Waals surface area contributed by atoms with Gasteiger partial charge in [-0.15, -0.1) is 0 Å². The number of likely N-dealkylation sites (N-methyl/N-ethyl adjacent to an activating group) is 1. The van der Waals surface area contributed by atoms with Crippen molar-refractivity contribution in [1.82, 2.24) is 19.6 Å². The van der Waals surface area contributed by atoms with Gasteiger partial charge in [0.05, 0.1) is 30.3 Å². The van der Waals surface area contributed by atoms with Crippen LogP contribution in [0.5, 0.6) is 0 Å². The maximum atomic E-state index is 13.6. The minimum Gasteiger partial charge on any atom is -0.466 e. The lowest BCUT2D eigenvalue weighted by atomic mass is 9.98. The molecule has 1 aromatic heterocycles. The van der Waals surface area contributed by atoms with Crippen molar-refractivity contribution < 1.29 is 19.1 Å². The molecule has 1 aliphatic rings. The van der Waals surface area contributed by atoms with E-state index in [1.54, 1.807) is 29.7 Å². The molecule has 1 unspecified atom stereocenters. The molecule has 3 aromatic rings. The van der Waals surface area contributed by atoms with Gasteiger partial charge in [-0.3, -0.25) is 14.4 Å². The number of carbonyl (C=O) groups is 3. The van der Waals surface area contributed by atoms with Crippen LogP contribution in [-0.2, 0) is 14.3 Å². The third kappa shape index (κ3) is 5.48. The van der Waals surface area contributed by atoms with Crippen molar-refractivity contribution in [3.8, 4) is 16.9 Å². The highest BCUT2D eigenvalue weighted by Gasteiger charge is 2.31. The van der Waals surface area contributed by atoms with Crippen molar-refractivity contribution in [2.45, 2.75) is 26.7 Å². The highest BCUT2D eigenvalue weighted by Crippen LogP contribution is 2.27. The van der Waals surface area contributed by atoms with Gasteiger partial charge in [0.15, 0.2) is 0 Å². The Kier molecular flexibility index (Phi) is 7.83. The Hall–Kier alpha value is -3.94. The van der Waals surface area contributed by atoms with E-state index < -0.39 is 0 Å². The molecule has 0 spiro atoms. The zero-order valence-electron chi connectivity index (χ0n) is 21.0. The zero-order chi connectivity index (χ0) is 25.7. The van der Waals surface area contributed by atoms with Crippen molar-refractivity contribution >= 4 is 17.8 Å². The minimum absolute atomic E-state index is 0.0852. The van der Waals surface area contributed by atoms with E-state index in [2.05, 4.69) is 0 Å². The van der Waals surface area contributed by atoms with Crippen LogP contribution in [0.4, 0.5) is 0 Å². The Balaban J connectivity index is 1.56. The smallest absolute Gasteiger partial charge is 0.310 e. The molecule has 0 N–H and O–H groups in total. The molecule has 8 heteroatoms. The van der Waals surface area contributed by atoms with Gasteiger partial charge in [-0.05, 0) is 44.4 Å². The summed E-state index contributed by atoms with van der Waals surface area (Å²) in [5.74, 6) is -1.06. The van der Waals surface area contributed by atoms with Crippen molar-refractivity contribution in [1.29, 1.82) is 0 Å². The second kappa shape index (κ2) is 11.2. The molecule has 188 valence electrons. The number of amides is 2. The Morgan fingerprint density at radius 1 is 1.08 bits per heavy atom. The Bertz CT molecular complexity index is 1240. The molecule has 2 amide bonds. The van der Waals surface area contributed by atoms with Gasteiger partial charge in [0.1, 0.15) is 5.69 Å². The number of ether oxygens (including phenoxy) is 1. The molecule has 1 saturated heterocycles. The lowest BCUT2D eigenvalue weighted by molar-refractivity contribution is -0.151. The topological polar surface area (TPSA) is 84.7 Å². The maximum absolute atomic E-state index is 13.6. The number of rotatable bonds is 7. The molecular weight excluding hydrogens is 456 g/mol. The van der Waals surface area contributed by atoms with Crippen LogP contribution < -0.4 is 0 Å². The maximum Gasteiger partial charge on any atom is 0.310 e. The van der Waals surface area contributed by atoms with Gasteiger partial charge >= 0.3 is 5.97 Å². The molecule has 0 bridgehead atoms. The van der Waals surface area contributed by atoms with Crippen molar-refractivity contribution in [2.24, 2.45) is 5.92 Å². The van der Waals surface area contributed by atoms with Crippen LogP contribution in [0, 0.1) is 12.8 Å². The zero-order valence-corrected chi connectivity index (χ0v) is 21.0. The minimum atomic E-state index is -0.319. The van der Waals surface area contributed by atoms with E-state index >= 15 is 0 Å². The number of aryl methyl sites for hydroxylation is 1. The number of hydrogen-bond donors (Lipinski definition) is 0. The SMILES string of the molecule is CCOC(=O)C1CCCN(C(=O)CN(C)C(=O)c2cn(-c3ccccc3)nc2-c2ccccc2C)C1. The highest BCUT2D eigenvalue weighted by atomic mass is 16.5. The quantitative estimate of drug-likeness (QED) is 0.473. The molecule has 36 heavy (non-hydrogen) atoms. The molecule has 0 radical (unpaired) electrons. The van der Waals surface area contributed by atoms with Gasteiger partial charge in [-0.1, -0.05) is 42.5 Å². The van der Waals surface area contributed by atoms with E-state index in [0.717, 1.165) is 23.2 Å². The third-order valence-corrected chi connectivity index (χ3v) is 6.48. The number of piperidine rings is 1. The number of nitrogens with zero attached hydrogens (tertiary/aromatic N) is 4. The number of carbonyl (C=O) groups excluding carboxylic acids is 3. The summed E-state index contributed by atoms with van der Waals surface area (Å²) in [5.41, 5.74) is 3.70. The van der Waals surface area contributed by atoms with Crippen molar-refractivity contribution in [3.05, 3.63) is 71.9 Å². The number of hydrogen-bond acceptors (Lipinski definition) is 5. The molecular formula is C28H32N4O4. The summed E-state index contributed by atoms with van der Waals surface area (Å²) in [4.78, 5) is 41.9. The number of esters is 1. The molecule has 1 fully saturated rings. The molecule has 4 rings (SSSR count). The van der Waals surface area contributed by atoms with Crippen molar-refractivity contribution in [3.63, 3.8) is 0 Å². The summed E-state index contributed by atoms with van der Waals surface area (Å²) in [5, 5.41) is 4.75. The first-order chi connectivity index (χ1) is 17.4. The van der Waals surface area contributed by atoms with Crippen LogP contribution >= 0.6 is 0 Å². The van der Waals surface area contributed by atoms with Crippen molar-refractivity contribution in [2.75, 3.05) is 33.3 Å². The van der Waals surface area contributed by atoms with Crippen LogP contribution in [-0.4, -0.2) is 70.7 Å². The van der Waals surface area contributed by atoms with Gasteiger partial charge < -0.3 is 14.5 Å². The van der Waals surface area contributed by atoms with Crippen LogP contribution in [0.2, 0.25) is 0 Å². The average molecular weight is 489 g/mol. The third-order valence-electron chi connectivity index (χ3n) is 6.48. The Labute approximate surface area is 211 Å². The Morgan fingerprint density at radius 3 is 2.53 bits per heavy atom. The fourth-order valence-electron chi connectivity index (χ4n) is 4.52. The van der Waals surface area contributed by atoms with E-state index in [-0.39, 0.29) is 30.2 Å². The molecule has 2 heterocycles. The number of benzene rings is 2. The Morgan fingerprint density at radius 2 is 1.81 bits per heavy atom. The van der Waals surface area contributed by atoms with E-state index in [1.165, 1.54) is 4.90 Å². The number of aromatic nitrogens is 2. The first kappa shape index (κ1) is 25.2. The van der Waals surface area contributed by atoms with Crippen LogP contribution in [0.25, 0.3) is 16.9 Å². The second-order valence-corrected chi connectivity index (χ2v) is 9.08. The predicted molar refractivity (Wildman–Crippen MR) is 137 cm³/mol. The van der Waals surface area contributed by atoms with Gasteiger partial charge in [-0.25, -0.2) is 4.68 Å². The normalized spacial score (nSPS) is 15.4. The standard InChI is InChI=1S/C28H32N4O4/c1-4-36-28(35)21-12-10-16-31(17-21)25(33)19-30(3)27(34)24-18-32(22-13-6-5-7-14-22)29-26(24)23-15-9-8-11-20(23)2/h5-9,11,13-15,18,21H,4,10,12,16-17,19H2,1-3H3. The largest absolute Gasteiger partial charge is 0.466 e. The molecule has 1 aliphatic heterocycles. The van der Waals surface area contributed by atoms with E-state index in [4.69, 9.17) is 9.84 Å². The fraction of sp³-hybridized carbons (Fsp3) is 0.357. The summed E-state index contributed by atoms with van der Waals surface area (Å²) in [6, 6.07) is 17.4. The fourth-order valence-corrected chi connectivity index (χ4v) is 4.52. The highest BCUT2D eigenvalue weighted by molar-refractivity contribution is 6.01. The van der Waals surface area contributed by atoms with Gasteiger partial charge in [0.2, 0.25) is 5.91 Å². The van der Waals surface area contributed by atoms with Crippen LogP contribution in [0.15, 0.2) is 60.8 Å². The summed E-state index contributed by atoms with van der Waals surface area (Å²) < 4.78 is 6.83. The van der Waals surface area contributed by atoms with Gasteiger partial charge in [-0.2, -0.15) is 5.10 Å². The van der Waals surface area contributed by atoms with E-state index in [9.17, 15) is 14.4 Å². The lowest BCUT2D eigenvalue weighted by Crippen LogP contribution is -2.47. The summed E-state index contributed by atoms with van der Waals surface area (Å²) >= 11 is 0. The van der Waals surface area contributed by atoms with E-state index in [1.807, 2.05) is 61.5 Å². The summed E-state index contributed by atoms with van der Waals surface area (Å²) in [7, 11) is 1.62. The summed E-state index contributed by atoms with van der Waals surface area (Å²) in [6.45, 7) is 4.87. The van der Waals surface area contributed by atoms with E-state index in [0.29, 0.717) is 37.4 Å². The molecule has 2 aromatic carbocycles. The second-order valence-electron chi connectivity index (χ2n) is 9.08. The first-order valence-electron chi connectivity index (χ1n) is 12.3. The number of likely N-dealkylation sites (tertiary alicyclic amines) is 1. The lowest BCUT2D eigenvalue weighted by Gasteiger charge is -2.32. The summed E-state index contributed by atoms with van der Waals surface area (Å²) in [6.07, 6.45) is 3.15. The van der Waals surface area contributed by atoms with Gasteiger partial charge in [0, 0.05) is 31.9 Å². The first-order valence-corrected chi connectivity index (χ1v) is 12.3. The molecule has 0 aliphatic carbocycles. The molecule has 1 atom stereocenters. The average Bonchev–Trinajstić information content (AvgIpc) is 3.34. The van der Waals surface area contributed by atoms with Crippen LogP contribution in [0.3, 0.4) is 0 Å².